The summed E-state index contributed by atoms with van der Waals surface area (Å²) < 4.78 is 34.0. The Morgan fingerprint density at radius 1 is 1.30 bits per heavy atom. The van der Waals surface area contributed by atoms with E-state index < -0.39 is 6.61 Å². The highest BCUT2D eigenvalue weighted by atomic mass is 19.3. The van der Waals surface area contributed by atoms with Crippen LogP contribution in [0.15, 0.2) is 33.6 Å². The number of fused-ring (bicyclic) bond motifs is 1. The van der Waals surface area contributed by atoms with E-state index in [0.717, 1.165) is 24.2 Å². The Labute approximate surface area is 151 Å². The van der Waals surface area contributed by atoms with Gasteiger partial charge in [0.2, 0.25) is 17.6 Å². The Kier molecular flexibility index (Phi) is 4.63. The minimum atomic E-state index is -2.95. The van der Waals surface area contributed by atoms with Crippen molar-refractivity contribution in [3.05, 3.63) is 57.5 Å². The number of aromatic amines is 1. The van der Waals surface area contributed by atoms with Crippen LogP contribution in [-0.4, -0.2) is 33.3 Å². The quantitative estimate of drug-likeness (QED) is 0.698. The standard InChI is InChI=1S/C17H15F2N5O3/c18-17(19)26-13-3-1-2-10(21-13)7-14-23-15(24-27-14)11-6-9-8-20-5-4-12(9)22-16(11)25/h1-3,6,17,20H,4-5,7-8H2,(H,22,25). The lowest BCUT2D eigenvalue weighted by Gasteiger charge is -2.16. The molecule has 0 saturated carbocycles. The van der Waals surface area contributed by atoms with E-state index in [9.17, 15) is 13.6 Å². The highest BCUT2D eigenvalue weighted by Crippen LogP contribution is 2.18. The summed E-state index contributed by atoms with van der Waals surface area (Å²) >= 11 is 0. The van der Waals surface area contributed by atoms with Gasteiger partial charge in [-0.15, -0.1) is 0 Å². The number of rotatable bonds is 5. The number of pyridine rings is 2. The average Bonchev–Trinajstić information content (AvgIpc) is 3.09. The first-order valence-corrected chi connectivity index (χ1v) is 8.28. The number of alkyl halides is 2. The molecule has 0 atom stereocenters. The molecule has 1 aliphatic rings. The molecule has 0 radical (unpaired) electrons. The number of H-pyrrole nitrogens is 1. The Morgan fingerprint density at radius 3 is 3.04 bits per heavy atom. The number of aromatic nitrogens is 4. The zero-order chi connectivity index (χ0) is 18.8. The van der Waals surface area contributed by atoms with Crippen molar-refractivity contribution in [2.24, 2.45) is 0 Å². The largest absolute Gasteiger partial charge is 0.417 e. The molecule has 4 heterocycles. The first-order valence-electron chi connectivity index (χ1n) is 8.28. The van der Waals surface area contributed by atoms with Crippen molar-refractivity contribution in [3.8, 4) is 17.3 Å². The van der Waals surface area contributed by atoms with E-state index in [1.54, 1.807) is 18.2 Å². The van der Waals surface area contributed by atoms with Gasteiger partial charge in [-0.2, -0.15) is 13.8 Å². The first kappa shape index (κ1) is 17.3. The first-order chi connectivity index (χ1) is 13.1. The lowest BCUT2D eigenvalue weighted by Crippen LogP contribution is -2.27. The molecule has 140 valence electrons. The molecule has 0 saturated heterocycles. The van der Waals surface area contributed by atoms with Gasteiger partial charge in [-0.05, 0) is 17.7 Å². The lowest BCUT2D eigenvalue weighted by molar-refractivity contribution is -0.0529. The van der Waals surface area contributed by atoms with Crippen LogP contribution in [0.3, 0.4) is 0 Å². The maximum Gasteiger partial charge on any atom is 0.388 e. The van der Waals surface area contributed by atoms with Crippen molar-refractivity contribution in [1.82, 2.24) is 25.4 Å². The second-order valence-electron chi connectivity index (χ2n) is 5.98. The third kappa shape index (κ3) is 3.85. The van der Waals surface area contributed by atoms with Crippen molar-refractivity contribution < 1.29 is 18.0 Å². The summed E-state index contributed by atoms with van der Waals surface area (Å²) in [6.45, 7) is -1.48. The van der Waals surface area contributed by atoms with Crippen LogP contribution in [0.1, 0.15) is 22.8 Å². The topological polar surface area (TPSA) is 106 Å². The highest BCUT2D eigenvalue weighted by molar-refractivity contribution is 5.54. The molecule has 0 aromatic carbocycles. The summed E-state index contributed by atoms with van der Waals surface area (Å²) in [7, 11) is 0. The van der Waals surface area contributed by atoms with Crippen molar-refractivity contribution in [2.45, 2.75) is 26.0 Å². The number of nitrogens with zero attached hydrogens (tertiary/aromatic N) is 3. The molecule has 27 heavy (non-hydrogen) atoms. The number of ether oxygens (including phenoxy) is 1. The molecule has 10 heteroatoms. The van der Waals surface area contributed by atoms with Crippen LogP contribution in [0.2, 0.25) is 0 Å². The maximum absolute atomic E-state index is 12.3. The Bertz CT molecular complexity index is 1020. The van der Waals surface area contributed by atoms with Gasteiger partial charge in [-0.25, -0.2) is 4.98 Å². The molecular weight excluding hydrogens is 360 g/mol. The molecule has 0 spiro atoms. The van der Waals surface area contributed by atoms with Crippen molar-refractivity contribution >= 4 is 0 Å². The highest BCUT2D eigenvalue weighted by Gasteiger charge is 2.18. The Hall–Kier alpha value is -3.14. The fourth-order valence-electron chi connectivity index (χ4n) is 2.90. The molecule has 1 aliphatic heterocycles. The Morgan fingerprint density at radius 2 is 2.19 bits per heavy atom. The average molecular weight is 375 g/mol. The molecule has 0 fully saturated rings. The minimum Gasteiger partial charge on any atom is -0.417 e. The summed E-state index contributed by atoms with van der Waals surface area (Å²) in [5, 5.41) is 7.09. The molecular formula is C17H15F2N5O3. The number of nitrogens with one attached hydrogen (secondary N) is 2. The van der Waals surface area contributed by atoms with E-state index in [2.05, 4.69) is 30.2 Å². The van der Waals surface area contributed by atoms with E-state index in [1.807, 2.05) is 0 Å². The van der Waals surface area contributed by atoms with Gasteiger partial charge in [0.15, 0.2) is 0 Å². The second kappa shape index (κ2) is 7.23. The lowest BCUT2D eigenvalue weighted by atomic mass is 10.0. The van der Waals surface area contributed by atoms with Crippen molar-refractivity contribution in [1.29, 1.82) is 0 Å². The SMILES string of the molecule is O=c1[nH]c2c(cc1-c1noc(Cc3cccc(OC(F)F)n3)n1)CNCC2. The maximum atomic E-state index is 12.3. The summed E-state index contributed by atoms with van der Waals surface area (Å²) in [5.41, 5.74) is 2.35. The van der Waals surface area contributed by atoms with Crippen LogP contribution in [-0.2, 0) is 19.4 Å². The van der Waals surface area contributed by atoms with E-state index in [-0.39, 0.29) is 29.6 Å². The minimum absolute atomic E-state index is 0.123. The third-order valence-corrected chi connectivity index (χ3v) is 4.11. The van der Waals surface area contributed by atoms with Gasteiger partial charge >= 0.3 is 6.61 Å². The number of hydrogen-bond donors (Lipinski definition) is 2. The number of hydrogen-bond acceptors (Lipinski definition) is 7. The molecule has 0 unspecified atom stereocenters. The van der Waals surface area contributed by atoms with Crippen LogP contribution in [0, 0.1) is 0 Å². The predicted octanol–water partition coefficient (Wildman–Crippen LogP) is 1.66. The van der Waals surface area contributed by atoms with Crippen molar-refractivity contribution in [3.63, 3.8) is 0 Å². The van der Waals surface area contributed by atoms with Gasteiger partial charge in [-0.3, -0.25) is 4.79 Å². The Balaban J connectivity index is 1.57. The van der Waals surface area contributed by atoms with Crippen LogP contribution < -0.4 is 15.6 Å². The smallest absolute Gasteiger partial charge is 0.388 e. The third-order valence-electron chi connectivity index (χ3n) is 4.11. The normalized spacial score (nSPS) is 13.6. The van der Waals surface area contributed by atoms with Gasteiger partial charge in [0.1, 0.15) is 0 Å². The van der Waals surface area contributed by atoms with E-state index in [1.165, 1.54) is 6.07 Å². The molecule has 2 N–H and O–H groups in total. The van der Waals surface area contributed by atoms with Crippen LogP contribution in [0.5, 0.6) is 5.88 Å². The fourth-order valence-corrected chi connectivity index (χ4v) is 2.90. The van der Waals surface area contributed by atoms with Gasteiger partial charge in [0.25, 0.3) is 5.56 Å². The predicted molar refractivity (Wildman–Crippen MR) is 89.4 cm³/mol. The molecule has 0 aliphatic carbocycles. The summed E-state index contributed by atoms with van der Waals surface area (Å²) in [6, 6.07) is 6.25. The van der Waals surface area contributed by atoms with E-state index >= 15 is 0 Å². The van der Waals surface area contributed by atoms with E-state index in [4.69, 9.17) is 4.52 Å². The van der Waals surface area contributed by atoms with Gasteiger partial charge in [0, 0.05) is 31.3 Å². The molecule has 0 amide bonds. The molecule has 3 aromatic rings. The van der Waals surface area contributed by atoms with E-state index in [0.29, 0.717) is 17.8 Å². The fraction of sp³-hybridized carbons (Fsp3) is 0.294. The molecule has 3 aromatic heterocycles. The molecule has 4 rings (SSSR count). The van der Waals surface area contributed by atoms with Gasteiger partial charge in [-0.1, -0.05) is 11.2 Å². The number of halogens is 2. The van der Waals surface area contributed by atoms with Crippen molar-refractivity contribution in [2.75, 3.05) is 6.54 Å². The summed E-state index contributed by atoms with van der Waals surface area (Å²) in [6.07, 6.45) is 0.878. The monoisotopic (exact) mass is 375 g/mol. The van der Waals surface area contributed by atoms with Crippen LogP contribution >= 0.6 is 0 Å². The zero-order valence-electron chi connectivity index (χ0n) is 14.0. The summed E-state index contributed by atoms with van der Waals surface area (Å²) in [5.74, 6) is 0.183. The van der Waals surface area contributed by atoms with Gasteiger partial charge in [0.05, 0.1) is 17.7 Å². The second-order valence-corrected chi connectivity index (χ2v) is 5.98. The molecule has 8 nitrogen and oxygen atoms in total. The zero-order valence-corrected chi connectivity index (χ0v) is 14.0. The summed E-state index contributed by atoms with van der Waals surface area (Å²) in [4.78, 5) is 23.4. The van der Waals surface area contributed by atoms with Crippen LogP contribution in [0.25, 0.3) is 11.4 Å². The van der Waals surface area contributed by atoms with Crippen LogP contribution in [0.4, 0.5) is 8.78 Å². The van der Waals surface area contributed by atoms with Gasteiger partial charge < -0.3 is 19.6 Å². The molecule has 0 bridgehead atoms.